The zero-order chi connectivity index (χ0) is 13.8. The lowest BCUT2D eigenvalue weighted by Crippen LogP contribution is -2.29. The molecule has 0 unspecified atom stereocenters. The lowest BCUT2D eigenvalue weighted by Gasteiger charge is -2.09. The number of hydrogen-bond donors (Lipinski definition) is 2. The van der Waals surface area contributed by atoms with Gasteiger partial charge in [-0.15, -0.1) is 0 Å². The third-order valence-corrected chi connectivity index (χ3v) is 2.88. The van der Waals surface area contributed by atoms with Gasteiger partial charge in [0.2, 0.25) is 0 Å². The van der Waals surface area contributed by atoms with Crippen molar-refractivity contribution in [1.29, 1.82) is 0 Å². The summed E-state index contributed by atoms with van der Waals surface area (Å²) in [5.41, 5.74) is 1.15. The molecule has 0 radical (unpaired) electrons. The monoisotopic (exact) mass is 280 g/mol. The minimum Gasteiger partial charge on any atom is -0.484 e. The molecule has 98 valence electrons. The molecule has 0 atom stereocenters. The van der Waals surface area contributed by atoms with E-state index in [9.17, 15) is 4.39 Å². The van der Waals surface area contributed by atoms with E-state index in [-0.39, 0.29) is 17.4 Å². The van der Waals surface area contributed by atoms with Crippen LogP contribution in [0.4, 0.5) is 4.39 Å². The van der Waals surface area contributed by atoms with Crippen molar-refractivity contribution in [2.45, 2.75) is 6.61 Å². The second-order valence-corrected chi connectivity index (χ2v) is 4.36. The molecule has 2 aromatic carbocycles. The molecular weight excluding hydrogens is 269 g/mol. The third kappa shape index (κ3) is 3.47. The van der Waals surface area contributed by atoms with Gasteiger partial charge in [-0.1, -0.05) is 41.9 Å². The number of ether oxygens (including phenoxy) is 1. The molecule has 0 spiro atoms. The summed E-state index contributed by atoms with van der Waals surface area (Å²) in [5, 5.41) is 18.1. The van der Waals surface area contributed by atoms with Crippen LogP contribution in [0.5, 0.6) is 5.75 Å². The van der Waals surface area contributed by atoms with Gasteiger partial charge in [-0.3, -0.25) is 0 Å². The maximum absolute atomic E-state index is 13.4. The van der Waals surface area contributed by atoms with E-state index in [0.29, 0.717) is 5.46 Å². The summed E-state index contributed by atoms with van der Waals surface area (Å²) in [6.07, 6.45) is 0. The van der Waals surface area contributed by atoms with Crippen molar-refractivity contribution in [3.8, 4) is 5.75 Å². The Morgan fingerprint density at radius 3 is 2.37 bits per heavy atom. The van der Waals surface area contributed by atoms with E-state index in [0.717, 1.165) is 5.56 Å². The molecule has 0 saturated heterocycles. The minimum atomic E-state index is -1.50. The zero-order valence-corrected chi connectivity index (χ0v) is 10.6. The molecule has 0 aromatic heterocycles. The van der Waals surface area contributed by atoms with Crippen LogP contribution in [0.25, 0.3) is 0 Å². The van der Waals surface area contributed by atoms with E-state index < -0.39 is 12.9 Å². The first-order valence-corrected chi connectivity index (χ1v) is 5.97. The van der Waals surface area contributed by atoms with Crippen LogP contribution in [0.2, 0.25) is 5.02 Å². The highest BCUT2D eigenvalue weighted by atomic mass is 35.5. The highest BCUT2D eigenvalue weighted by Crippen LogP contribution is 2.27. The molecular formula is C13H11BClFO3. The van der Waals surface area contributed by atoms with Crippen LogP contribution in [0, 0.1) is 5.82 Å². The molecule has 3 nitrogen and oxygen atoms in total. The van der Waals surface area contributed by atoms with E-state index in [1.165, 1.54) is 12.1 Å². The molecule has 0 heterocycles. The van der Waals surface area contributed by atoms with Crippen LogP contribution in [-0.2, 0) is 6.61 Å². The number of halogens is 2. The van der Waals surface area contributed by atoms with Gasteiger partial charge in [0.1, 0.15) is 6.61 Å². The Morgan fingerprint density at radius 1 is 1.11 bits per heavy atom. The topological polar surface area (TPSA) is 49.7 Å². The van der Waals surface area contributed by atoms with Crippen LogP contribution >= 0.6 is 11.6 Å². The van der Waals surface area contributed by atoms with Crippen molar-refractivity contribution < 1.29 is 19.2 Å². The Kier molecular flexibility index (Phi) is 4.42. The fourth-order valence-electron chi connectivity index (χ4n) is 1.56. The Bertz CT molecular complexity index is 540. The van der Waals surface area contributed by atoms with Gasteiger partial charge in [0, 0.05) is 0 Å². The van der Waals surface area contributed by atoms with Gasteiger partial charge in [-0.25, -0.2) is 4.39 Å². The molecule has 2 rings (SSSR count). The maximum atomic E-state index is 13.4. The van der Waals surface area contributed by atoms with Gasteiger partial charge < -0.3 is 14.8 Å². The molecule has 0 aliphatic rings. The standard InChI is InChI=1S/C13H11BClFO3/c15-11-2-1-3-12(16)13(11)19-8-9-4-6-10(7-5-9)14(17)18/h1-7,17-18H,8H2. The summed E-state index contributed by atoms with van der Waals surface area (Å²) < 4.78 is 18.8. The van der Waals surface area contributed by atoms with Crippen molar-refractivity contribution in [2.75, 3.05) is 0 Å². The Labute approximate surface area is 115 Å². The molecule has 19 heavy (non-hydrogen) atoms. The smallest absolute Gasteiger partial charge is 0.484 e. The predicted molar refractivity (Wildman–Crippen MR) is 72.0 cm³/mol. The quantitative estimate of drug-likeness (QED) is 0.839. The van der Waals surface area contributed by atoms with E-state index in [1.54, 1.807) is 30.3 Å². The average molecular weight is 280 g/mol. The Morgan fingerprint density at radius 2 is 1.79 bits per heavy atom. The second kappa shape index (κ2) is 6.06. The molecule has 0 amide bonds. The third-order valence-electron chi connectivity index (χ3n) is 2.58. The molecule has 0 bridgehead atoms. The van der Waals surface area contributed by atoms with Gasteiger partial charge in [0.25, 0.3) is 0 Å². The van der Waals surface area contributed by atoms with Crippen LogP contribution in [0.3, 0.4) is 0 Å². The summed E-state index contributed by atoms with van der Waals surface area (Å²) in [6.45, 7) is 0.141. The molecule has 0 fully saturated rings. The van der Waals surface area contributed by atoms with Crippen molar-refractivity contribution in [2.24, 2.45) is 0 Å². The van der Waals surface area contributed by atoms with Gasteiger partial charge in [-0.2, -0.15) is 0 Å². The normalized spacial score (nSPS) is 10.3. The summed E-state index contributed by atoms with van der Waals surface area (Å²) >= 11 is 5.83. The number of benzene rings is 2. The first-order chi connectivity index (χ1) is 9.08. The predicted octanol–water partition coefficient (Wildman–Crippen LogP) is 1.74. The van der Waals surface area contributed by atoms with E-state index in [4.69, 9.17) is 26.4 Å². The van der Waals surface area contributed by atoms with Crippen molar-refractivity contribution >= 4 is 24.2 Å². The van der Waals surface area contributed by atoms with Crippen LogP contribution in [0.1, 0.15) is 5.56 Å². The molecule has 6 heteroatoms. The number of rotatable bonds is 4. The van der Waals surface area contributed by atoms with E-state index in [2.05, 4.69) is 0 Å². The minimum absolute atomic E-state index is 0.00966. The zero-order valence-electron chi connectivity index (χ0n) is 9.88. The molecule has 2 aromatic rings. The number of hydrogen-bond acceptors (Lipinski definition) is 3. The first-order valence-electron chi connectivity index (χ1n) is 5.59. The number of para-hydroxylation sites is 1. The fraction of sp³-hybridized carbons (Fsp3) is 0.0769. The van der Waals surface area contributed by atoms with E-state index in [1.807, 2.05) is 0 Å². The van der Waals surface area contributed by atoms with Crippen molar-refractivity contribution in [1.82, 2.24) is 0 Å². The first kappa shape index (κ1) is 13.9. The fourth-order valence-corrected chi connectivity index (χ4v) is 1.78. The summed E-state index contributed by atoms with van der Waals surface area (Å²) in [5.74, 6) is -0.509. The average Bonchev–Trinajstić information content (AvgIpc) is 2.38. The molecule has 0 aliphatic carbocycles. The summed E-state index contributed by atoms with van der Waals surface area (Å²) in [7, 11) is -1.50. The van der Waals surface area contributed by atoms with Crippen LogP contribution in [-0.4, -0.2) is 17.2 Å². The maximum Gasteiger partial charge on any atom is 0.488 e. The van der Waals surface area contributed by atoms with Gasteiger partial charge in [0.15, 0.2) is 11.6 Å². The Balaban J connectivity index is 2.06. The molecule has 0 aliphatic heterocycles. The van der Waals surface area contributed by atoms with Crippen LogP contribution < -0.4 is 10.2 Å². The molecule has 0 saturated carbocycles. The lowest BCUT2D eigenvalue weighted by molar-refractivity contribution is 0.290. The highest BCUT2D eigenvalue weighted by molar-refractivity contribution is 6.58. The van der Waals surface area contributed by atoms with Gasteiger partial charge in [0.05, 0.1) is 5.02 Å². The SMILES string of the molecule is OB(O)c1ccc(COc2c(F)cccc2Cl)cc1. The lowest BCUT2D eigenvalue weighted by atomic mass is 9.80. The largest absolute Gasteiger partial charge is 0.488 e. The van der Waals surface area contributed by atoms with Gasteiger partial charge in [-0.05, 0) is 23.2 Å². The summed E-state index contributed by atoms with van der Waals surface area (Å²) in [6, 6.07) is 10.8. The highest BCUT2D eigenvalue weighted by Gasteiger charge is 2.11. The summed E-state index contributed by atoms with van der Waals surface area (Å²) in [4.78, 5) is 0. The van der Waals surface area contributed by atoms with Crippen molar-refractivity contribution in [3.05, 3.63) is 58.9 Å². The van der Waals surface area contributed by atoms with Gasteiger partial charge >= 0.3 is 7.12 Å². The van der Waals surface area contributed by atoms with Crippen molar-refractivity contribution in [3.63, 3.8) is 0 Å². The van der Waals surface area contributed by atoms with Crippen LogP contribution in [0.15, 0.2) is 42.5 Å². The second-order valence-electron chi connectivity index (χ2n) is 3.95. The van der Waals surface area contributed by atoms with E-state index >= 15 is 0 Å². The molecule has 2 N–H and O–H groups in total. The Hall–Kier alpha value is -1.56.